The molecule has 1 heteroatoms. The van der Waals surface area contributed by atoms with Crippen LogP contribution in [-0.2, 0) is 0 Å². The van der Waals surface area contributed by atoms with E-state index >= 15 is 0 Å². The van der Waals surface area contributed by atoms with Crippen molar-refractivity contribution in [1.29, 1.82) is 0 Å². The van der Waals surface area contributed by atoms with Crippen molar-refractivity contribution >= 4 is 0 Å². The number of hydrogen-bond acceptors (Lipinski definition) is 1. The number of rotatable bonds is 2. The van der Waals surface area contributed by atoms with E-state index in [1.54, 1.807) is 0 Å². The van der Waals surface area contributed by atoms with Gasteiger partial charge in [-0.15, -0.1) is 6.92 Å². The normalized spacial score (nSPS) is 21.6. The molecule has 58 valence electrons. The smallest absolute Gasteiger partial charge is 0.0595 e. The van der Waals surface area contributed by atoms with Crippen LogP contribution in [0.4, 0.5) is 0 Å². The maximum atomic E-state index is 3.99. The Morgan fingerprint density at radius 3 is 2.60 bits per heavy atom. The molecule has 1 saturated carbocycles. The van der Waals surface area contributed by atoms with Crippen LogP contribution in [0.3, 0.4) is 0 Å². The van der Waals surface area contributed by atoms with E-state index in [1.807, 2.05) is 7.05 Å². The summed E-state index contributed by atoms with van der Waals surface area (Å²) in [5, 5.41) is 3.22. The Bertz CT molecular complexity index is 82.7. The highest BCUT2D eigenvalue weighted by Gasteiger charge is 2.19. The molecule has 0 atom stereocenters. The fraction of sp³-hybridized carbons (Fsp3) is 0.778. The third kappa shape index (κ3) is 2.22. The van der Waals surface area contributed by atoms with Gasteiger partial charge in [-0.3, -0.25) is 0 Å². The second kappa shape index (κ2) is 3.87. The summed E-state index contributed by atoms with van der Waals surface area (Å²) < 4.78 is 0. The predicted molar refractivity (Wildman–Crippen MR) is 44.5 cm³/mol. The van der Waals surface area contributed by atoms with Gasteiger partial charge in [0.1, 0.15) is 0 Å². The lowest BCUT2D eigenvalue weighted by Gasteiger charge is -2.22. The lowest BCUT2D eigenvalue weighted by molar-refractivity contribution is 0.377. The van der Waals surface area contributed by atoms with Crippen LogP contribution in [0, 0.1) is 18.8 Å². The first kappa shape index (κ1) is 7.93. The minimum absolute atomic E-state index is 0.912. The van der Waals surface area contributed by atoms with Crippen LogP contribution in [0.15, 0.2) is 0 Å². The minimum Gasteiger partial charge on any atom is -0.319 e. The van der Waals surface area contributed by atoms with Crippen molar-refractivity contribution in [1.82, 2.24) is 5.32 Å². The van der Waals surface area contributed by atoms with E-state index in [4.69, 9.17) is 0 Å². The first-order valence-corrected chi connectivity index (χ1v) is 4.14. The number of hydrogen-bond donors (Lipinski definition) is 1. The maximum Gasteiger partial charge on any atom is 0.0595 e. The Morgan fingerprint density at radius 1 is 1.50 bits per heavy atom. The summed E-state index contributed by atoms with van der Waals surface area (Å²) in [5.74, 6) is 2.36. The first-order valence-electron chi connectivity index (χ1n) is 4.14. The van der Waals surface area contributed by atoms with Crippen molar-refractivity contribution in [3.05, 3.63) is 12.8 Å². The van der Waals surface area contributed by atoms with Crippen LogP contribution in [0.25, 0.3) is 0 Å². The molecule has 0 bridgehead atoms. The van der Waals surface area contributed by atoms with Crippen molar-refractivity contribution in [3.8, 4) is 0 Å². The van der Waals surface area contributed by atoms with E-state index in [2.05, 4.69) is 12.2 Å². The summed E-state index contributed by atoms with van der Waals surface area (Å²) in [6.07, 6.45) is 5.21. The second-order valence-corrected chi connectivity index (χ2v) is 3.25. The number of nitrogens with one attached hydrogen (secondary N) is 1. The Labute approximate surface area is 64.2 Å². The molecule has 0 heterocycles. The predicted octanol–water partition coefficient (Wildman–Crippen LogP) is 1.80. The fourth-order valence-electron chi connectivity index (χ4n) is 1.58. The molecule has 0 radical (unpaired) electrons. The zero-order chi connectivity index (χ0) is 7.40. The molecule has 0 aromatic rings. The van der Waals surface area contributed by atoms with E-state index in [1.165, 1.54) is 38.1 Å². The molecular weight excluding hydrogens is 122 g/mol. The molecule has 1 rings (SSSR count). The molecule has 1 nitrogen and oxygen atoms in total. The molecule has 0 unspecified atom stereocenters. The van der Waals surface area contributed by atoms with Gasteiger partial charge in [-0.2, -0.15) is 0 Å². The van der Waals surface area contributed by atoms with Crippen LogP contribution >= 0.6 is 0 Å². The van der Waals surface area contributed by atoms with Crippen LogP contribution in [-0.4, -0.2) is 13.6 Å². The Hall–Kier alpha value is -0.170. The van der Waals surface area contributed by atoms with E-state index in [9.17, 15) is 0 Å². The van der Waals surface area contributed by atoms with E-state index in [-0.39, 0.29) is 0 Å². The van der Waals surface area contributed by atoms with Crippen LogP contribution in [0.2, 0.25) is 0 Å². The Morgan fingerprint density at radius 2 is 2.10 bits per heavy atom. The molecular formula is C9H17N. The topological polar surface area (TPSA) is 12.0 Å². The standard InChI is InChI=1S/C9H17N/c1-8-3-5-9(6-4-8)7-10-2/h9-10H,1,3-7H2,2H3. The van der Waals surface area contributed by atoms with Gasteiger partial charge < -0.3 is 5.32 Å². The van der Waals surface area contributed by atoms with Gasteiger partial charge in [0, 0.05) is 0 Å². The van der Waals surface area contributed by atoms with E-state index in [0.29, 0.717) is 0 Å². The molecule has 1 aliphatic rings. The molecule has 1 N–H and O–H groups in total. The van der Waals surface area contributed by atoms with Gasteiger partial charge in [0.25, 0.3) is 0 Å². The summed E-state index contributed by atoms with van der Waals surface area (Å²) in [6, 6.07) is 0. The molecule has 1 fully saturated rings. The molecule has 0 saturated heterocycles. The van der Waals surface area contributed by atoms with Gasteiger partial charge in [-0.1, -0.05) is 5.92 Å². The third-order valence-corrected chi connectivity index (χ3v) is 2.31. The summed E-state index contributed by atoms with van der Waals surface area (Å²) in [5.41, 5.74) is 0. The second-order valence-electron chi connectivity index (χ2n) is 3.25. The molecule has 0 spiro atoms. The van der Waals surface area contributed by atoms with E-state index in [0.717, 1.165) is 5.92 Å². The molecule has 1 aliphatic carbocycles. The lowest BCUT2D eigenvalue weighted by atomic mass is 9.83. The highest BCUT2D eigenvalue weighted by molar-refractivity contribution is 4.96. The van der Waals surface area contributed by atoms with E-state index < -0.39 is 0 Å². The van der Waals surface area contributed by atoms with Gasteiger partial charge in [0.2, 0.25) is 0 Å². The lowest BCUT2D eigenvalue weighted by Crippen LogP contribution is -2.22. The van der Waals surface area contributed by atoms with Crippen LogP contribution in [0.1, 0.15) is 25.7 Å². The summed E-state index contributed by atoms with van der Waals surface area (Å²) in [4.78, 5) is 0. The van der Waals surface area contributed by atoms with Crippen molar-refractivity contribution < 1.29 is 0 Å². The Kier molecular flexibility index (Phi) is 3.07. The van der Waals surface area contributed by atoms with Gasteiger partial charge >= 0.3 is 0 Å². The molecule has 0 amide bonds. The zero-order valence-electron chi connectivity index (χ0n) is 6.82. The van der Waals surface area contributed by atoms with Gasteiger partial charge in [-0.05, 0) is 32.4 Å². The summed E-state index contributed by atoms with van der Waals surface area (Å²) >= 11 is 0. The zero-order valence-corrected chi connectivity index (χ0v) is 6.82. The average Bonchev–Trinajstić information content (AvgIpc) is 1.95. The summed E-state index contributed by atoms with van der Waals surface area (Å²) in [6.45, 7) is 5.18. The molecule has 10 heavy (non-hydrogen) atoms. The van der Waals surface area contributed by atoms with Gasteiger partial charge in [-0.25, -0.2) is 0 Å². The summed E-state index contributed by atoms with van der Waals surface area (Å²) in [7, 11) is 2.03. The van der Waals surface area contributed by atoms with Crippen molar-refractivity contribution in [2.75, 3.05) is 13.6 Å². The van der Waals surface area contributed by atoms with Gasteiger partial charge in [0.15, 0.2) is 0 Å². The monoisotopic (exact) mass is 139 g/mol. The van der Waals surface area contributed by atoms with Crippen molar-refractivity contribution in [2.45, 2.75) is 25.7 Å². The fourth-order valence-corrected chi connectivity index (χ4v) is 1.58. The van der Waals surface area contributed by atoms with Crippen LogP contribution in [0.5, 0.6) is 0 Å². The SMILES string of the molecule is [CH2-][C+]1CCC(CNC)CC1. The van der Waals surface area contributed by atoms with Crippen molar-refractivity contribution in [3.63, 3.8) is 0 Å². The average molecular weight is 139 g/mol. The molecule has 0 aliphatic heterocycles. The highest BCUT2D eigenvalue weighted by atomic mass is 14.8. The Balaban J connectivity index is 2.13. The maximum absolute atomic E-state index is 3.99. The third-order valence-electron chi connectivity index (χ3n) is 2.31. The quantitative estimate of drug-likeness (QED) is 0.575. The van der Waals surface area contributed by atoms with Crippen LogP contribution < -0.4 is 5.32 Å². The van der Waals surface area contributed by atoms with Gasteiger partial charge in [0.05, 0.1) is 12.8 Å². The highest BCUT2D eigenvalue weighted by Crippen LogP contribution is 2.28. The molecule has 0 aromatic carbocycles. The molecule has 0 aromatic heterocycles. The first-order chi connectivity index (χ1) is 4.83. The van der Waals surface area contributed by atoms with Crippen molar-refractivity contribution in [2.24, 2.45) is 5.92 Å². The minimum atomic E-state index is 0.912. The largest absolute Gasteiger partial charge is 0.319 e.